The van der Waals surface area contributed by atoms with Gasteiger partial charge in [-0.25, -0.2) is 17.8 Å². The van der Waals surface area contributed by atoms with Crippen molar-refractivity contribution in [3.8, 4) is 39.4 Å². The number of hydrogen-bond acceptors (Lipinski definition) is 8. The molecule has 0 saturated carbocycles. The largest absolute Gasteiger partial charge is 0.490 e. The Morgan fingerprint density at radius 2 is 1.87 bits per heavy atom. The summed E-state index contributed by atoms with van der Waals surface area (Å²) in [5.41, 5.74) is 6.06. The molecule has 0 radical (unpaired) electrons. The number of fused-ring (bicyclic) bond motifs is 2. The molecule has 3 aromatic heterocycles. The molecule has 0 unspecified atom stereocenters. The highest BCUT2D eigenvalue weighted by Gasteiger charge is 2.28. The second-order valence-corrected chi connectivity index (χ2v) is 14.8. The monoisotopic (exact) mass is 672 g/mol. The van der Waals surface area contributed by atoms with E-state index in [-0.39, 0.29) is 30.1 Å². The lowest BCUT2D eigenvalue weighted by Crippen LogP contribution is -2.38. The van der Waals surface area contributed by atoms with Gasteiger partial charge in [-0.1, -0.05) is 18.7 Å². The predicted molar refractivity (Wildman–Crippen MR) is 180 cm³/mol. The average molecular weight is 673 g/mol. The number of carbonyl (C=O) groups is 1. The van der Waals surface area contributed by atoms with Crippen LogP contribution in [-0.2, 0) is 30.9 Å². The standard InChI is InChI=1S/C35H33FN4O5S2/c1-3-31(41)39-11-8-27(9-12-39)40-19-25(18-37-40)34-32(28-7-6-26(36)17-30(28)45-14-13-44-2)35-29(10-15-46-35)33(38-34)22-4-5-23-20-47(42,43)21-24(23)16-22/h3-7,10,15-19,27H,1,8-9,11-14,20-21H2,2H3. The number of pyridine rings is 1. The molecule has 0 N–H and O–H groups in total. The van der Waals surface area contributed by atoms with E-state index in [0.29, 0.717) is 36.7 Å². The molecule has 12 heteroatoms. The van der Waals surface area contributed by atoms with Gasteiger partial charge < -0.3 is 14.4 Å². The van der Waals surface area contributed by atoms with Crippen molar-refractivity contribution in [3.05, 3.63) is 89.8 Å². The van der Waals surface area contributed by atoms with Crippen molar-refractivity contribution in [1.82, 2.24) is 19.7 Å². The van der Waals surface area contributed by atoms with Gasteiger partial charge in [0.15, 0.2) is 9.84 Å². The third kappa shape index (κ3) is 6.08. The van der Waals surface area contributed by atoms with Gasteiger partial charge in [0.1, 0.15) is 18.2 Å². The molecule has 0 atom stereocenters. The zero-order chi connectivity index (χ0) is 32.7. The first-order valence-corrected chi connectivity index (χ1v) is 18.1. The van der Waals surface area contributed by atoms with Crippen LogP contribution in [0.3, 0.4) is 0 Å². The smallest absolute Gasteiger partial charge is 0.245 e. The number of sulfone groups is 1. The van der Waals surface area contributed by atoms with E-state index in [1.54, 1.807) is 35.6 Å². The maximum atomic E-state index is 14.6. The molecule has 0 spiro atoms. The third-order valence-corrected chi connectivity index (χ3v) is 11.2. The lowest BCUT2D eigenvalue weighted by Gasteiger charge is -2.31. The van der Waals surface area contributed by atoms with Crippen LogP contribution in [0.2, 0.25) is 0 Å². The van der Waals surface area contributed by atoms with Crippen molar-refractivity contribution in [1.29, 1.82) is 0 Å². The summed E-state index contributed by atoms with van der Waals surface area (Å²) in [4.78, 5) is 19.2. The van der Waals surface area contributed by atoms with Gasteiger partial charge in [-0.05, 0) is 59.7 Å². The zero-order valence-corrected chi connectivity index (χ0v) is 27.4. The van der Waals surface area contributed by atoms with E-state index in [1.807, 2.05) is 40.5 Å². The minimum atomic E-state index is -3.18. The molecule has 47 heavy (non-hydrogen) atoms. The summed E-state index contributed by atoms with van der Waals surface area (Å²) in [6.45, 7) is 5.42. The number of amides is 1. The number of thiophene rings is 1. The predicted octanol–water partition coefficient (Wildman–Crippen LogP) is 6.44. The Balaban J connectivity index is 1.38. The molecule has 9 nitrogen and oxygen atoms in total. The number of ether oxygens (including phenoxy) is 2. The molecule has 2 aliphatic rings. The highest BCUT2D eigenvalue weighted by atomic mass is 32.2. The van der Waals surface area contributed by atoms with Crippen molar-refractivity contribution >= 4 is 37.2 Å². The second-order valence-electron chi connectivity index (χ2n) is 11.8. The van der Waals surface area contributed by atoms with Gasteiger partial charge in [0, 0.05) is 64.8 Å². The number of methoxy groups -OCH3 is 1. The van der Waals surface area contributed by atoms with E-state index >= 15 is 0 Å². The minimum Gasteiger partial charge on any atom is -0.490 e. The molecular weight excluding hydrogens is 640 g/mol. The Bertz CT molecular complexity index is 2120. The van der Waals surface area contributed by atoms with Crippen molar-refractivity contribution in [3.63, 3.8) is 0 Å². The van der Waals surface area contributed by atoms with Gasteiger partial charge in [-0.3, -0.25) is 9.48 Å². The van der Waals surface area contributed by atoms with Crippen LogP contribution >= 0.6 is 11.3 Å². The van der Waals surface area contributed by atoms with Crippen molar-refractivity contribution in [2.24, 2.45) is 0 Å². The van der Waals surface area contributed by atoms with Crippen LogP contribution in [0.1, 0.15) is 30.0 Å². The van der Waals surface area contributed by atoms with Gasteiger partial charge in [-0.2, -0.15) is 5.10 Å². The SMILES string of the molecule is C=CC(=O)N1CCC(n2cc(-c3nc(-c4ccc5c(c4)CS(=O)(=O)C5)c4ccsc4c3-c3ccc(F)cc3OCCOC)cn2)CC1. The van der Waals surface area contributed by atoms with E-state index in [9.17, 15) is 17.6 Å². The fourth-order valence-electron chi connectivity index (χ4n) is 6.47. The number of rotatable bonds is 9. The number of hydrogen-bond donors (Lipinski definition) is 0. The summed E-state index contributed by atoms with van der Waals surface area (Å²) in [5, 5.41) is 7.65. The Morgan fingerprint density at radius 3 is 2.66 bits per heavy atom. The molecule has 2 aliphatic heterocycles. The van der Waals surface area contributed by atoms with Gasteiger partial charge in [0.25, 0.3) is 0 Å². The maximum absolute atomic E-state index is 14.6. The van der Waals surface area contributed by atoms with Crippen LogP contribution in [0.5, 0.6) is 5.75 Å². The van der Waals surface area contributed by atoms with Crippen molar-refractivity contribution < 1.29 is 27.1 Å². The van der Waals surface area contributed by atoms with Crippen LogP contribution in [0.4, 0.5) is 4.39 Å². The molecule has 0 aliphatic carbocycles. The molecule has 0 bridgehead atoms. The number of piperidine rings is 1. The molecule has 2 aromatic carbocycles. The number of likely N-dealkylation sites (tertiary alicyclic amines) is 1. The Labute approximate surface area is 276 Å². The lowest BCUT2D eigenvalue weighted by molar-refractivity contribution is -0.127. The molecular formula is C35H33FN4O5S2. The Kier molecular flexibility index (Phi) is 8.41. The number of nitrogens with zero attached hydrogens (tertiary/aromatic N) is 4. The minimum absolute atomic E-state index is 0.00955. The average Bonchev–Trinajstić information content (AvgIpc) is 3.82. The molecule has 5 heterocycles. The molecule has 5 aromatic rings. The maximum Gasteiger partial charge on any atom is 0.245 e. The van der Waals surface area contributed by atoms with Crippen molar-refractivity contribution in [2.75, 3.05) is 33.4 Å². The van der Waals surface area contributed by atoms with Gasteiger partial charge in [-0.15, -0.1) is 11.3 Å². The second kappa shape index (κ2) is 12.7. The van der Waals surface area contributed by atoms with E-state index in [2.05, 4.69) is 6.58 Å². The molecule has 1 saturated heterocycles. The van der Waals surface area contributed by atoms with Crippen LogP contribution in [0.25, 0.3) is 43.7 Å². The summed E-state index contributed by atoms with van der Waals surface area (Å²) >= 11 is 1.55. The first kappa shape index (κ1) is 31.2. The topological polar surface area (TPSA) is 104 Å². The summed E-state index contributed by atoms with van der Waals surface area (Å²) in [6, 6.07) is 12.4. The quantitative estimate of drug-likeness (QED) is 0.131. The molecule has 1 amide bonds. The number of benzene rings is 2. The molecule has 7 rings (SSSR count). The number of aromatic nitrogens is 3. The lowest BCUT2D eigenvalue weighted by atomic mass is 9.95. The van der Waals surface area contributed by atoms with Crippen molar-refractivity contribution in [2.45, 2.75) is 30.4 Å². The van der Waals surface area contributed by atoms with Crippen LogP contribution < -0.4 is 4.74 Å². The fourth-order valence-corrected chi connectivity index (χ4v) is 9.03. The summed E-state index contributed by atoms with van der Waals surface area (Å²) in [7, 11) is -1.59. The van der Waals surface area contributed by atoms with Crippen LogP contribution in [-0.4, -0.2) is 67.4 Å². The Hall–Kier alpha value is -4.39. The highest BCUT2D eigenvalue weighted by molar-refractivity contribution is 7.90. The summed E-state index contributed by atoms with van der Waals surface area (Å²) < 4.78 is 53.5. The first-order chi connectivity index (χ1) is 22.7. The summed E-state index contributed by atoms with van der Waals surface area (Å²) in [5.74, 6) is -0.0546. The zero-order valence-electron chi connectivity index (χ0n) is 25.8. The van der Waals surface area contributed by atoms with Gasteiger partial charge in [0.2, 0.25) is 5.91 Å². The normalized spacial score (nSPS) is 16.0. The van der Waals surface area contributed by atoms with Crippen LogP contribution in [0, 0.1) is 5.82 Å². The van der Waals surface area contributed by atoms with E-state index in [4.69, 9.17) is 19.6 Å². The van der Waals surface area contributed by atoms with E-state index in [1.165, 1.54) is 18.2 Å². The molecule has 242 valence electrons. The third-order valence-electron chi connectivity index (χ3n) is 8.80. The van der Waals surface area contributed by atoms with Gasteiger partial charge >= 0.3 is 0 Å². The van der Waals surface area contributed by atoms with Gasteiger partial charge in [0.05, 0.1) is 41.7 Å². The Morgan fingerprint density at radius 1 is 1.06 bits per heavy atom. The highest BCUT2D eigenvalue weighted by Crippen LogP contribution is 2.46. The number of halogens is 1. The molecule has 1 fully saturated rings. The number of carbonyl (C=O) groups excluding carboxylic acids is 1. The van der Waals surface area contributed by atoms with E-state index < -0.39 is 15.7 Å². The van der Waals surface area contributed by atoms with E-state index in [0.717, 1.165) is 56.4 Å². The first-order valence-electron chi connectivity index (χ1n) is 15.4. The fraction of sp³-hybridized carbons (Fsp3) is 0.286. The van der Waals surface area contributed by atoms with Crippen LogP contribution in [0.15, 0.2) is 72.9 Å². The summed E-state index contributed by atoms with van der Waals surface area (Å²) in [6.07, 6.45) is 6.63.